The van der Waals surface area contributed by atoms with Crippen LogP contribution in [0.3, 0.4) is 0 Å². The summed E-state index contributed by atoms with van der Waals surface area (Å²) in [6, 6.07) is 3.86. The van der Waals surface area contributed by atoms with Gasteiger partial charge in [-0.25, -0.2) is 4.98 Å². The Morgan fingerprint density at radius 3 is 2.88 bits per heavy atom. The van der Waals surface area contributed by atoms with Gasteiger partial charge in [0.05, 0.1) is 5.52 Å². The summed E-state index contributed by atoms with van der Waals surface area (Å²) >= 11 is 4.97. The van der Waals surface area contributed by atoms with Gasteiger partial charge in [0.25, 0.3) is 4.84 Å². The molecule has 0 amide bonds. The highest BCUT2D eigenvalue weighted by atomic mass is 32.1. The molecule has 2 aromatic heterocycles. The number of imidazole rings is 1. The van der Waals surface area contributed by atoms with Crippen molar-refractivity contribution >= 4 is 34.4 Å². The number of aromatic nitrogens is 3. The molecule has 16 heavy (non-hydrogen) atoms. The molecule has 0 spiro atoms. The highest BCUT2D eigenvalue weighted by Crippen LogP contribution is 2.24. The van der Waals surface area contributed by atoms with E-state index in [1.807, 2.05) is 12.1 Å². The highest BCUT2D eigenvalue weighted by Gasteiger charge is 2.11. The second kappa shape index (κ2) is 3.18. The number of hydrogen-bond donors (Lipinski definition) is 2. The van der Waals surface area contributed by atoms with Crippen LogP contribution in [-0.2, 0) is 0 Å². The number of aromatic amines is 2. The molecule has 0 atom stereocenters. The van der Waals surface area contributed by atoms with Crippen LogP contribution in [0.15, 0.2) is 16.5 Å². The van der Waals surface area contributed by atoms with Gasteiger partial charge in [0.15, 0.2) is 5.58 Å². The van der Waals surface area contributed by atoms with Gasteiger partial charge < -0.3 is 14.4 Å². The SMILES string of the molecule is CC(C)c1nc2c(ccc3oc(=S)[nH]c32)[nH]1. The molecule has 0 unspecified atom stereocenters. The smallest absolute Gasteiger partial charge is 0.266 e. The quantitative estimate of drug-likeness (QED) is 0.632. The van der Waals surface area contributed by atoms with E-state index in [9.17, 15) is 0 Å². The van der Waals surface area contributed by atoms with Crippen LogP contribution in [0.2, 0.25) is 0 Å². The molecule has 0 radical (unpaired) electrons. The Morgan fingerprint density at radius 2 is 2.12 bits per heavy atom. The van der Waals surface area contributed by atoms with E-state index in [0.717, 1.165) is 28.0 Å². The lowest BCUT2D eigenvalue weighted by Gasteiger charge is -1.95. The Balaban J connectivity index is 2.45. The second-order valence-corrected chi connectivity index (χ2v) is 4.50. The van der Waals surface area contributed by atoms with Crippen LogP contribution in [0.4, 0.5) is 0 Å². The molecular formula is C11H11N3OS. The Hall–Kier alpha value is -1.62. The first-order chi connectivity index (χ1) is 7.65. The van der Waals surface area contributed by atoms with E-state index >= 15 is 0 Å². The predicted octanol–water partition coefficient (Wildman–Crippen LogP) is 3.49. The zero-order valence-electron chi connectivity index (χ0n) is 9.00. The first-order valence-corrected chi connectivity index (χ1v) is 5.57. The Labute approximate surface area is 96.7 Å². The predicted molar refractivity (Wildman–Crippen MR) is 65.1 cm³/mol. The highest BCUT2D eigenvalue weighted by molar-refractivity contribution is 7.71. The van der Waals surface area contributed by atoms with Gasteiger partial charge >= 0.3 is 0 Å². The van der Waals surface area contributed by atoms with Gasteiger partial charge in [-0.1, -0.05) is 13.8 Å². The van der Waals surface area contributed by atoms with Crippen molar-refractivity contribution in [1.82, 2.24) is 15.0 Å². The summed E-state index contributed by atoms with van der Waals surface area (Å²) in [5.41, 5.74) is 3.51. The number of H-pyrrole nitrogens is 2. The average Bonchev–Trinajstić information content (AvgIpc) is 2.77. The fourth-order valence-electron chi connectivity index (χ4n) is 1.78. The van der Waals surface area contributed by atoms with Gasteiger partial charge in [0.1, 0.15) is 16.9 Å². The molecule has 1 aromatic carbocycles. The van der Waals surface area contributed by atoms with Crippen molar-refractivity contribution in [1.29, 1.82) is 0 Å². The first-order valence-electron chi connectivity index (χ1n) is 5.16. The number of oxazole rings is 1. The minimum absolute atomic E-state index is 0.373. The number of nitrogens with one attached hydrogen (secondary N) is 2. The standard InChI is InChI=1S/C11H11N3OS/c1-5(2)10-12-6-3-4-7-9(8(6)13-10)14-11(16)15-7/h3-5H,1-2H3,(H,12,13)(H,14,16). The third kappa shape index (κ3) is 1.28. The van der Waals surface area contributed by atoms with E-state index in [2.05, 4.69) is 28.8 Å². The van der Waals surface area contributed by atoms with Crippen molar-refractivity contribution in [2.75, 3.05) is 0 Å². The molecule has 0 aliphatic rings. The Bertz CT molecular complexity index is 720. The summed E-state index contributed by atoms with van der Waals surface area (Å²) in [6.07, 6.45) is 0. The summed E-state index contributed by atoms with van der Waals surface area (Å²) in [4.78, 5) is 11.3. The molecule has 3 aromatic rings. The van der Waals surface area contributed by atoms with Gasteiger partial charge in [-0.05, 0) is 24.4 Å². The minimum atomic E-state index is 0.373. The van der Waals surface area contributed by atoms with E-state index in [1.54, 1.807) is 0 Å². The maximum atomic E-state index is 5.35. The van der Waals surface area contributed by atoms with Crippen molar-refractivity contribution in [3.63, 3.8) is 0 Å². The van der Waals surface area contributed by atoms with Gasteiger partial charge in [-0.2, -0.15) is 0 Å². The van der Waals surface area contributed by atoms with Crippen LogP contribution >= 0.6 is 12.2 Å². The molecule has 0 saturated carbocycles. The molecule has 2 N–H and O–H groups in total. The molecule has 0 saturated heterocycles. The number of benzene rings is 1. The Kier molecular flexibility index (Phi) is 1.91. The Morgan fingerprint density at radius 1 is 1.31 bits per heavy atom. The van der Waals surface area contributed by atoms with Crippen molar-refractivity contribution in [2.45, 2.75) is 19.8 Å². The molecule has 2 heterocycles. The van der Waals surface area contributed by atoms with Gasteiger partial charge in [-0.3, -0.25) is 0 Å². The number of fused-ring (bicyclic) bond motifs is 3. The maximum Gasteiger partial charge on any atom is 0.266 e. The summed E-state index contributed by atoms with van der Waals surface area (Å²) in [7, 11) is 0. The zero-order chi connectivity index (χ0) is 11.3. The van der Waals surface area contributed by atoms with E-state index in [1.165, 1.54) is 0 Å². The van der Waals surface area contributed by atoms with E-state index in [0.29, 0.717) is 10.8 Å². The molecule has 5 heteroatoms. The third-order valence-electron chi connectivity index (χ3n) is 2.61. The number of nitrogens with zero attached hydrogens (tertiary/aromatic N) is 1. The van der Waals surface area contributed by atoms with Crippen LogP contribution in [0.25, 0.3) is 22.1 Å². The van der Waals surface area contributed by atoms with E-state index < -0.39 is 0 Å². The summed E-state index contributed by atoms with van der Waals surface area (Å²) in [5.74, 6) is 1.35. The molecule has 3 rings (SSSR count). The second-order valence-electron chi connectivity index (χ2n) is 4.13. The molecule has 0 aliphatic heterocycles. The monoisotopic (exact) mass is 233 g/mol. The number of rotatable bonds is 1. The van der Waals surface area contributed by atoms with Gasteiger partial charge in [0.2, 0.25) is 0 Å². The molecule has 0 bridgehead atoms. The molecule has 4 nitrogen and oxygen atoms in total. The number of hydrogen-bond acceptors (Lipinski definition) is 3. The third-order valence-corrected chi connectivity index (χ3v) is 2.80. The lowest BCUT2D eigenvalue weighted by molar-refractivity contribution is 0.583. The van der Waals surface area contributed by atoms with E-state index in [-0.39, 0.29) is 0 Å². The first kappa shape index (κ1) is 9.59. The maximum absolute atomic E-state index is 5.35. The van der Waals surface area contributed by atoms with Crippen LogP contribution in [0, 0.1) is 4.84 Å². The molecule has 0 fully saturated rings. The molecule has 82 valence electrons. The van der Waals surface area contributed by atoms with E-state index in [4.69, 9.17) is 16.6 Å². The van der Waals surface area contributed by atoms with Crippen molar-refractivity contribution in [2.24, 2.45) is 0 Å². The fraction of sp³-hybridized carbons (Fsp3) is 0.273. The topological polar surface area (TPSA) is 57.6 Å². The summed E-state index contributed by atoms with van der Waals surface area (Å²) in [5, 5.41) is 0. The summed E-state index contributed by atoms with van der Waals surface area (Å²) in [6.45, 7) is 4.21. The van der Waals surface area contributed by atoms with Crippen LogP contribution in [0.5, 0.6) is 0 Å². The van der Waals surface area contributed by atoms with Crippen LogP contribution in [-0.4, -0.2) is 15.0 Å². The van der Waals surface area contributed by atoms with Gasteiger partial charge in [0, 0.05) is 5.92 Å². The minimum Gasteiger partial charge on any atom is -0.429 e. The average molecular weight is 233 g/mol. The van der Waals surface area contributed by atoms with Crippen molar-refractivity contribution < 1.29 is 4.42 Å². The fourth-order valence-corrected chi connectivity index (χ4v) is 1.97. The van der Waals surface area contributed by atoms with Crippen molar-refractivity contribution in [3.8, 4) is 0 Å². The lowest BCUT2D eigenvalue weighted by Crippen LogP contribution is -1.88. The van der Waals surface area contributed by atoms with Gasteiger partial charge in [-0.15, -0.1) is 0 Å². The van der Waals surface area contributed by atoms with Crippen LogP contribution in [0.1, 0.15) is 25.6 Å². The zero-order valence-corrected chi connectivity index (χ0v) is 9.81. The van der Waals surface area contributed by atoms with Crippen LogP contribution < -0.4 is 0 Å². The lowest BCUT2D eigenvalue weighted by atomic mass is 10.2. The molecular weight excluding hydrogens is 222 g/mol. The van der Waals surface area contributed by atoms with Crippen molar-refractivity contribution in [3.05, 3.63) is 22.8 Å². The molecule has 0 aliphatic carbocycles. The normalized spacial score (nSPS) is 11.9. The largest absolute Gasteiger partial charge is 0.429 e. The summed E-state index contributed by atoms with van der Waals surface area (Å²) < 4.78 is 5.35.